The second kappa shape index (κ2) is 10.0. The Morgan fingerprint density at radius 3 is 2.37 bits per heavy atom. The number of rotatable bonds is 4. The molecule has 6 heteroatoms. The number of fused-ring (bicyclic) bond motifs is 3. The van der Waals surface area contributed by atoms with Gasteiger partial charge in [0, 0.05) is 11.6 Å². The maximum atomic E-state index is 11.6. The molecule has 0 unspecified atom stereocenters. The highest BCUT2D eigenvalue weighted by atomic mass is 16.2. The van der Waals surface area contributed by atoms with E-state index in [9.17, 15) is 9.59 Å². The number of primary amides is 1. The summed E-state index contributed by atoms with van der Waals surface area (Å²) in [6.07, 6.45) is 4.71. The molecule has 2 aliphatic heterocycles. The van der Waals surface area contributed by atoms with E-state index < -0.39 is 5.91 Å². The van der Waals surface area contributed by atoms with Crippen LogP contribution < -0.4 is 16.4 Å². The first-order chi connectivity index (χ1) is 14.5. The molecule has 1 atom stereocenters. The minimum atomic E-state index is -0.394. The van der Waals surface area contributed by atoms with E-state index in [0.29, 0.717) is 17.5 Å². The number of amides is 2. The molecule has 3 fully saturated rings. The van der Waals surface area contributed by atoms with E-state index in [4.69, 9.17) is 11.0 Å². The van der Waals surface area contributed by atoms with E-state index in [0.717, 1.165) is 24.0 Å². The van der Waals surface area contributed by atoms with Crippen molar-refractivity contribution in [2.24, 2.45) is 11.7 Å². The SMILES string of the molecule is Cc1ccc(-c2cccc(C(N)=O)c2)cc1.N#CCNC(=O)[C@H]1NC2CCC1CC2. The second-order valence-electron chi connectivity index (χ2n) is 7.94. The molecule has 2 aromatic carbocycles. The van der Waals surface area contributed by atoms with Crippen molar-refractivity contribution in [3.05, 3.63) is 59.7 Å². The van der Waals surface area contributed by atoms with Crippen LogP contribution in [0.2, 0.25) is 0 Å². The van der Waals surface area contributed by atoms with Crippen LogP contribution in [-0.4, -0.2) is 30.4 Å². The Labute approximate surface area is 177 Å². The van der Waals surface area contributed by atoms with Crippen molar-refractivity contribution < 1.29 is 9.59 Å². The monoisotopic (exact) mass is 404 g/mol. The molecular formula is C24H28N4O2. The minimum Gasteiger partial charge on any atom is -0.366 e. The molecule has 2 bridgehead atoms. The van der Waals surface area contributed by atoms with Crippen molar-refractivity contribution in [3.63, 3.8) is 0 Å². The lowest BCUT2D eigenvalue weighted by atomic mass is 9.76. The Bertz CT molecular complexity index is 925. The van der Waals surface area contributed by atoms with Gasteiger partial charge in [-0.25, -0.2) is 0 Å². The maximum Gasteiger partial charge on any atom is 0.248 e. The molecule has 2 saturated heterocycles. The molecule has 3 aliphatic rings. The lowest BCUT2D eigenvalue weighted by Crippen LogP contribution is -2.58. The third-order valence-corrected chi connectivity index (χ3v) is 5.81. The van der Waals surface area contributed by atoms with Crippen LogP contribution in [0.1, 0.15) is 41.6 Å². The van der Waals surface area contributed by atoms with E-state index in [1.807, 2.05) is 55.5 Å². The first-order valence-corrected chi connectivity index (χ1v) is 10.4. The Balaban J connectivity index is 0.000000172. The smallest absolute Gasteiger partial charge is 0.248 e. The molecule has 2 heterocycles. The van der Waals surface area contributed by atoms with Crippen LogP contribution in [0.3, 0.4) is 0 Å². The fourth-order valence-corrected chi connectivity index (χ4v) is 4.13. The lowest BCUT2D eigenvalue weighted by molar-refractivity contribution is -0.126. The Hall–Kier alpha value is -3.17. The summed E-state index contributed by atoms with van der Waals surface area (Å²) >= 11 is 0. The number of nitrogens with two attached hydrogens (primary N) is 1. The van der Waals surface area contributed by atoms with Crippen molar-refractivity contribution in [2.45, 2.75) is 44.7 Å². The highest BCUT2D eigenvalue weighted by molar-refractivity contribution is 5.94. The Kier molecular flexibility index (Phi) is 7.21. The fourth-order valence-electron chi connectivity index (χ4n) is 4.13. The predicted molar refractivity (Wildman–Crippen MR) is 116 cm³/mol. The number of hydrogen-bond acceptors (Lipinski definition) is 4. The quantitative estimate of drug-likeness (QED) is 0.681. The zero-order chi connectivity index (χ0) is 21.5. The van der Waals surface area contributed by atoms with Crippen LogP contribution in [0.15, 0.2) is 48.5 Å². The highest BCUT2D eigenvalue weighted by Crippen LogP contribution is 2.32. The van der Waals surface area contributed by atoms with E-state index in [-0.39, 0.29) is 18.5 Å². The molecule has 0 spiro atoms. The summed E-state index contributed by atoms with van der Waals surface area (Å²) in [6.45, 7) is 2.16. The highest BCUT2D eigenvalue weighted by Gasteiger charge is 2.38. The molecule has 2 aromatic rings. The number of piperidine rings is 2. The lowest BCUT2D eigenvalue weighted by Gasteiger charge is -2.42. The molecule has 1 aliphatic carbocycles. The topological polar surface area (TPSA) is 108 Å². The van der Waals surface area contributed by atoms with Crippen LogP contribution in [0.25, 0.3) is 11.1 Å². The van der Waals surface area contributed by atoms with Crippen molar-refractivity contribution in [1.29, 1.82) is 5.26 Å². The first-order valence-electron chi connectivity index (χ1n) is 10.4. The number of nitriles is 1. The van der Waals surface area contributed by atoms with Gasteiger partial charge >= 0.3 is 0 Å². The Morgan fingerprint density at radius 2 is 1.80 bits per heavy atom. The van der Waals surface area contributed by atoms with E-state index in [1.54, 1.807) is 6.07 Å². The van der Waals surface area contributed by atoms with Crippen LogP contribution in [0.4, 0.5) is 0 Å². The summed E-state index contributed by atoms with van der Waals surface area (Å²) in [5.41, 5.74) is 9.11. The van der Waals surface area contributed by atoms with Crippen LogP contribution in [0, 0.1) is 24.2 Å². The standard InChI is InChI=1S/C14H13NO.C10H15N3O/c1-10-5-7-11(8-6-10)12-3-2-4-13(9-12)14(15)16;11-5-6-12-10(14)9-7-1-3-8(13-9)4-2-7/h2-9H,1H3,(H2,15,16);7-9,13H,1-4,6H2,(H,12,14)/t;7?,8?,9-/m.0/s1. The van der Waals surface area contributed by atoms with E-state index in [2.05, 4.69) is 10.6 Å². The second-order valence-corrected chi connectivity index (χ2v) is 7.94. The summed E-state index contributed by atoms with van der Waals surface area (Å²) in [5.74, 6) is 0.0913. The van der Waals surface area contributed by atoms with Crippen LogP contribution in [0.5, 0.6) is 0 Å². The van der Waals surface area contributed by atoms with Crippen molar-refractivity contribution >= 4 is 11.8 Å². The van der Waals surface area contributed by atoms with Gasteiger partial charge in [-0.1, -0.05) is 42.0 Å². The van der Waals surface area contributed by atoms with Gasteiger partial charge < -0.3 is 16.4 Å². The molecule has 1 saturated carbocycles. The van der Waals surface area contributed by atoms with Gasteiger partial charge in [-0.3, -0.25) is 9.59 Å². The number of nitrogens with zero attached hydrogens (tertiary/aromatic N) is 1. The molecule has 156 valence electrons. The molecule has 0 aromatic heterocycles. The average Bonchev–Trinajstić information content (AvgIpc) is 2.79. The minimum absolute atomic E-state index is 0.000880. The normalized spacial score (nSPS) is 21.7. The number of carbonyl (C=O) groups excluding carboxylic acids is 2. The van der Waals surface area contributed by atoms with Gasteiger partial charge in [0.1, 0.15) is 6.54 Å². The summed E-state index contributed by atoms with van der Waals surface area (Å²) in [7, 11) is 0. The number of nitrogens with one attached hydrogen (secondary N) is 2. The van der Waals surface area contributed by atoms with E-state index in [1.165, 1.54) is 18.4 Å². The van der Waals surface area contributed by atoms with Gasteiger partial charge in [0.15, 0.2) is 0 Å². The van der Waals surface area contributed by atoms with Crippen LogP contribution >= 0.6 is 0 Å². The molecular weight excluding hydrogens is 376 g/mol. The van der Waals surface area contributed by atoms with Gasteiger partial charge in [0.2, 0.25) is 11.8 Å². The van der Waals surface area contributed by atoms with E-state index >= 15 is 0 Å². The number of benzene rings is 2. The zero-order valence-electron chi connectivity index (χ0n) is 17.2. The fraction of sp³-hybridized carbons (Fsp3) is 0.375. The molecule has 5 rings (SSSR count). The maximum absolute atomic E-state index is 11.6. The van der Waals surface area contributed by atoms with Gasteiger partial charge in [0.05, 0.1) is 12.1 Å². The largest absolute Gasteiger partial charge is 0.366 e. The first kappa shape index (κ1) is 21.5. The molecule has 0 radical (unpaired) electrons. The number of carbonyl (C=O) groups is 2. The summed E-state index contributed by atoms with van der Waals surface area (Å²) in [4.78, 5) is 22.7. The molecule has 4 N–H and O–H groups in total. The predicted octanol–water partition coefficient (Wildman–Crippen LogP) is 2.92. The third kappa shape index (κ3) is 5.46. The van der Waals surface area contributed by atoms with Crippen molar-refractivity contribution in [1.82, 2.24) is 10.6 Å². The average molecular weight is 405 g/mol. The van der Waals surface area contributed by atoms with Gasteiger partial charge in [0.25, 0.3) is 0 Å². The zero-order valence-corrected chi connectivity index (χ0v) is 17.2. The summed E-state index contributed by atoms with van der Waals surface area (Å²) in [6, 6.07) is 17.9. The van der Waals surface area contributed by atoms with Gasteiger partial charge in [-0.05, 0) is 61.8 Å². The summed E-state index contributed by atoms with van der Waals surface area (Å²) in [5, 5.41) is 14.3. The molecule has 30 heavy (non-hydrogen) atoms. The Morgan fingerprint density at radius 1 is 1.10 bits per heavy atom. The third-order valence-electron chi connectivity index (χ3n) is 5.81. The van der Waals surface area contributed by atoms with Crippen LogP contribution in [-0.2, 0) is 4.79 Å². The van der Waals surface area contributed by atoms with Gasteiger partial charge in [-0.2, -0.15) is 5.26 Å². The summed E-state index contributed by atoms with van der Waals surface area (Å²) < 4.78 is 0. The van der Waals surface area contributed by atoms with Crippen molar-refractivity contribution in [2.75, 3.05) is 6.54 Å². The van der Waals surface area contributed by atoms with Crippen molar-refractivity contribution in [3.8, 4) is 17.2 Å². The molecule has 6 nitrogen and oxygen atoms in total. The number of aryl methyl sites for hydroxylation is 1. The number of hydrogen-bond donors (Lipinski definition) is 3. The van der Waals surface area contributed by atoms with Gasteiger partial charge in [-0.15, -0.1) is 0 Å². The molecule has 2 amide bonds.